The molecule has 0 unspecified atom stereocenters. The highest BCUT2D eigenvalue weighted by atomic mass is 16.2. The van der Waals surface area contributed by atoms with E-state index in [-0.39, 0.29) is 0 Å². The fraction of sp³-hybridized carbons (Fsp3) is 0.909. The molecule has 2 rings (SSSR count). The first-order chi connectivity index (χ1) is 6.72. The molecule has 1 saturated heterocycles. The summed E-state index contributed by atoms with van der Waals surface area (Å²) in [5, 5.41) is 0. The van der Waals surface area contributed by atoms with Crippen molar-refractivity contribution in [2.45, 2.75) is 38.6 Å². The molecule has 2 fully saturated rings. The fourth-order valence-corrected chi connectivity index (χ4v) is 2.27. The van der Waals surface area contributed by atoms with Gasteiger partial charge in [-0.05, 0) is 25.2 Å². The van der Waals surface area contributed by atoms with Crippen LogP contribution in [-0.2, 0) is 4.79 Å². The Morgan fingerprint density at radius 2 is 2.14 bits per heavy atom. The molecule has 2 N–H and O–H groups in total. The molecule has 0 bridgehead atoms. The number of carbonyl (C=O) groups is 1. The van der Waals surface area contributed by atoms with E-state index in [1.165, 1.54) is 0 Å². The lowest BCUT2D eigenvalue weighted by molar-refractivity contribution is -0.134. The van der Waals surface area contributed by atoms with E-state index >= 15 is 0 Å². The third-order valence-electron chi connectivity index (χ3n) is 3.56. The minimum absolute atomic E-state index is 0.309. The second-order valence-electron chi connectivity index (χ2n) is 4.68. The Kier molecular flexibility index (Phi) is 2.77. The van der Waals surface area contributed by atoms with E-state index in [2.05, 4.69) is 6.92 Å². The number of carbonyl (C=O) groups excluding carboxylic acids is 1. The molecule has 0 radical (unpaired) electrons. The molecule has 0 spiro atoms. The second kappa shape index (κ2) is 3.89. The van der Waals surface area contributed by atoms with Crippen LogP contribution in [0, 0.1) is 11.8 Å². The number of hydrogen-bond donors (Lipinski definition) is 1. The molecular formula is C11H20N2O. The molecule has 0 aromatic carbocycles. The van der Waals surface area contributed by atoms with Gasteiger partial charge in [0.25, 0.3) is 0 Å². The Hall–Kier alpha value is -0.570. The summed E-state index contributed by atoms with van der Waals surface area (Å²) in [5.74, 6) is 1.27. The zero-order valence-corrected chi connectivity index (χ0v) is 8.91. The molecule has 14 heavy (non-hydrogen) atoms. The third-order valence-corrected chi connectivity index (χ3v) is 3.56. The lowest BCUT2D eigenvalue weighted by Crippen LogP contribution is -2.49. The zero-order valence-electron chi connectivity index (χ0n) is 8.91. The maximum Gasteiger partial charge on any atom is 0.225 e. The van der Waals surface area contributed by atoms with Crippen molar-refractivity contribution in [3.05, 3.63) is 0 Å². The van der Waals surface area contributed by atoms with Crippen LogP contribution in [-0.4, -0.2) is 29.9 Å². The number of nitrogens with two attached hydrogens (primary N) is 1. The van der Waals surface area contributed by atoms with Crippen molar-refractivity contribution in [1.82, 2.24) is 4.90 Å². The molecule has 2 atom stereocenters. The predicted octanol–water partition coefficient (Wildman–Crippen LogP) is 0.982. The summed E-state index contributed by atoms with van der Waals surface area (Å²) < 4.78 is 0. The minimum Gasteiger partial charge on any atom is -0.342 e. The monoisotopic (exact) mass is 196 g/mol. The smallest absolute Gasteiger partial charge is 0.225 e. The summed E-state index contributed by atoms with van der Waals surface area (Å²) in [6.45, 7) is 3.94. The second-order valence-corrected chi connectivity index (χ2v) is 4.68. The number of nitrogens with zero attached hydrogens (tertiary/aromatic N) is 1. The SMILES string of the molecule is CC[C@H]1CN(C(=O)C2CC2)CC[C@@H]1N. The predicted molar refractivity (Wildman–Crippen MR) is 55.7 cm³/mol. The highest BCUT2D eigenvalue weighted by Crippen LogP contribution is 2.32. The highest BCUT2D eigenvalue weighted by Gasteiger charge is 2.36. The van der Waals surface area contributed by atoms with E-state index in [0.29, 0.717) is 23.8 Å². The van der Waals surface area contributed by atoms with Crippen molar-refractivity contribution in [3.63, 3.8) is 0 Å². The maximum atomic E-state index is 11.8. The van der Waals surface area contributed by atoms with Gasteiger partial charge in [-0.3, -0.25) is 4.79 Å². The molecule has 1 heterocycles. The fourth-order valence-electron chi connectivity index (χ4n) is 2.27. The standard InChI is InChI=1S/C11H20N2O/c1-2-8-7-13(6-5-10(8)12)11(14)9-3-4-9/h8-10H,2-7,12H2,1H3/t8-,10-/m0/s1. The van der Waals surface area contributed by atoms with Crippen molar-refractivity contribution in [3.8, 4) is 0 Å². The molecule has 1 aliphatic carbocycles. The third kappa shape index (κ3) is 1.92. The Bertz CT molecular complexity index is 225. The number of piperidine rings is 1. The Labute approximate surface area is 85.6 Å². The average Bonchev–Trinajstić information content (AvgIpc) is 3.01. The first kappa shape index (κ1) is 9.97. The molecule has 80 valence electrons. The van der Waals surface area contributed by atoms with E-state index in [4.69, 9.17) is 5.73 Å². The normalized spacial score (nSPS) is 33.1. The number of rotatable bonds is 2. The van der Waals surface area contributed by atoms with E-state index < -0.39 is 0 Å². The van der Waals surface area contributed by atoms with Gasteiger partial charge in [-0.15, -0.1) is 0 Å². The van der Waals surface area contributed by atoms with Gasteiger partial charge < -0.3 is 10.6 Å². The van der Waals surface area contributed by atoms with Crippen LogP contribution in [0.1, 0.15) is 32.6 Å². The van der Waals surface area contributed by atoms with Crippen LogP contribution in [0.2, 0.25) is 0 Å². The molecule has 0 aromatic rings. The molecule has 1 amide bonds. The number of amides is 1. The Morgan fingerprint density at radius 1 is 1.43 bits per heavy atom. The summed E-state index contributed by atoms with van der Waals surface area (Å²) in [7, 11) is 0. The van der Waals surface area contributed by atoms with Gasteiger partial charge >= 0.3 is 0 Å². The molecule has 1 saturated carbocycles. The van der Waals surface area contributed by atoms with Gasteiger partial charge in [-0.2, -0.15) is 0 Å². The number of hydrogen-bond acceptors (Lipinski definition) is 2. The molecule has 2 aliphatic rings. The van der Waals surface area contributed by atoms with Crippen molar-refractivity contribution < 1.29 is 4.79 Å². The molecule has 3 heteroatoms. The average molecular weight is 196 g/mol. The van der Waals surface area contributed by atoms with Crippen LogP contribution in [0.5, 0.6) is 0 Å². The van der Waals surface area contributed by atoms with Crippen LogP contribution >= 0.6 is 0 Å². The van der Waals surface area contributed by atoms with E-state index in [9.17, 15) is 4.79 Å². The van der Waals surface area contributed by atoms with Gasteiger partial charge in [-0.25, -0.2) is 0 Å². The maximum absolute atomic E-state index is 11.8. The Balaban J connectivity index is 1.91. The topological polar surface area (TPSA) is 46.3 Å². The van der Waals surface area contributed by atoms with Gasteiger partial charge in [0.1, 0.15) is 0 Å². The van der Waals surface area contributed by atoms with Gasteiger partial charge in [-0.1, -0.05) is 13.3 Å². The lowest BCUT2D eigenvalue weighted by atomic mass is 9.90. The quantitative estimate of drug-likeness (QED) is 0.715. The summed E-state index contributed by atoms with van der Waals surface area (Å²) in [5.41, 5.74) is 6.01. The van der Waals surface area contributed by atoms with Crippen LogP contribution in [0.25, 0.3) is 0 Å². The van der Waals surface area contributed by atoms with Crippen molar-refractivity contribution >= 4 is 5.91 Å². The highest BCUT2D eigenvalue weighted by molar-refractivity contribution is 5.81. The molecular weight excluding hydrogens is 176 g/mol. The first-order valence-electron chi connectivity index (χ1n) is 5.76. The minimum atomic E-state index is 0.309. The largest absolute Gasteiger partial charge is 0.342 e. The van der Waals surface area contributed by atoms with Gasteiger partial charge in [0.2, 0.25) is 5.91 Å². The van der Waals surface area contributed by atoms with Crippen molar-refractivity contribution in [1.29, 1.82) is 0 Å². The van der Waals surface area contributed by atoms with Gasteiger partial charge in [0, 0.05) is 25.0 Å². The summed E-state index contributed by atoms with van der Waals surface area (Å²) in [6.07, 6.45) is 4.29. The first-order valence-corrected chi connectivity index (χ1v) is 5.76. The molecule has 3 nitrogen and oxygen atoms in total. The molecule has 1 aliphatic heterocycles. The van der Waals surface area contributed by atoms with Crippen LogP contribution in [0.4, 0.5) is 0 Å². The summed E-state index contributed by atoms with van der Waals surface area (Å²) in [4.78, 5) is 13.9. The van der Waals surface area contributed by atoms with E-state index in [1.54, 1.807) is 0 Å². The van der Waals surface area contributed by atoms with Gasteiger partial charge in [0.05, 0.1) is 0 Å². The van der Waals surface area contributed by atoms with Crippen LogP contribution in [0.3, 0.4) is 0 Å². The van der Waals surface area contributed by atoms with Crippen molar-refractivity contribution in [2.75, 3.05) is 13.1 Å². The molecule has 0 aromatic heterocycles. The van der Waals surface area contributed by atoms with Crippen LogP contribution in [0.15, 0.2) is 0 Å². The van der Waals surface area contributed by atoms with Crippen molar-refractivity contribution in [2.24, 2.45) is 17.6 Å². The van der Waals surface area contributed by atoms with Gasteiger partial charge in [0.15, 0.2) is 0 Å². The van der Waals surface area contributed by atoms with E-state index in [0.717, 1.165) is 38.8 Å². The van der Waals surface area contributed by atoms with Crippen LogP contribution < -0.4 is 5.73 Å². The summed E-state index contributed by atoms with van der Waals surface area (Å²) >= 11 is 0. The zero-order chi connectivity index (χ0) is 10.1. The van der Waals surface area contributed by atoms with E-state index in [1.807, 2.05) is 4.90 Å². The Morgan fingerprint density at radius 3 is 2.71 bits per heavy atom. The lowest BCUT2D eigenvalue weighted by Gasteiger charge is -2.36. The number of likely N-dealkylation sites (tertiary alicyclic amines) is 1. The summed E-state index contributed by atoms with van der Waals surface area (Å²) in [6, 6.07) is 0.309.